The Bertz CT molecular complexity index is 329. The molecule has 0 unspecified atom stereocenters. The van der Waals surface area contributed by atoms with E-state index in [9.17, 15) is 0 Å². The Morgan fingerprint density at radius 2 is 2.27 bits per heavy atom. The average Bonchev–Trinajstić information content (AvgIpc) is 2.87. The summed E-state index contributed by atoms with van der Waals surface area (Å²) < 4.78 is 10.9. The molecule has 1 aromatic rings. The predicted octanol–water partition coefficient (Wildman–Crippen LogP) is 3.59. The number of alkyl halides is 1. The third-order valence-electron chi connectivity index (χ3n) is 2.08. The first-order chi connectivity index (χ1) is 7.40. The number of rotatable bonds is 4. The number of thiophene rings is 1. The van der Waals surface area contributed by atoms with Crippen molar-refractivity contribution in [2.24, 2.45) is 0 Å². The van der Waals surface area contributed by atoms with Crippen LogP contribution in [0.4, 0.5) is 0 Å². The highest BCUT2D eigenvalue weighted by Gasteiger charge is 2.19. The van der Waals surface area contributed by atoms with Gasteiger partial charge in [0, 0.05) is 5.33 Å². The number of allylic oxidation sites excluding steroid dienone is 1. The minimum absolute atomic E-state index is 0.131. The zero-order valence-corrected chi connectivity index (χ0v) is 10.7. The first-order valence-electron chi connectivity index (χ1n) is 4.94. The summed E-state index contributed by atoms with van der Waals surface area (Å²) in [6.07, 6.45) is 5.22. The molecule has 15 heavy (non-hydrogen) atoms. The molecule has 2 nitrogen and oxygen atoms in total. The summed E-state index contributed by atoms with van der Waals surface area (Å²) in [6, 6.07) is 2.13. The summed E-state index contributed by atoms with van der Waals surface area (Å²) >= 11 is 5.09. The van der Waals surface area contributed by atoms with Crippen molar-refractivity contribution in [2.45, 2.75) is 12.7 Å². The van der Waals surface area contributed by atoms with Crippen molar-refractivity contribution < 1.29 is 9.47 Å². The summed E-state index contributed by atoms with van der Waals surface area (Å²) in [7, 11) is 0. The predicted molar refractivity (Wildman–Crippen MR) is 66.4 cm³/mol. The molecule has 1 aromatic heterocycles. The van der Waals surface area contributed by atoms with Crippen molar-refractivity contribution in [3.63, 3.8) is 0 Å². The molecule has 82 valence electrons. The zero-order chi connectivity index (χ0) is 10.5. The standard InChI is InChI=1S/C11H13BrO2S/c12-4-2-1-3-9-7-10(15-8-9)11-13-5-6-14-11/h1,3,7-8,11H,2,4-6H2. The second-order valence-corrected chi connectivity index (χ2v) is 4.97. The molecule has 0 N–H and O–H groups in total. The minimum Gasteiger partial charge on any atom is -0.345 e. The van der Waals surface area contributed by atoms with E-state index in [1.54, 1.807) is 11.3 Å². The number of ether oxygens (including phenoxy) is 2. The van der Waals surface area contributed by atoms with E-state index in [4.69, 9.17) is 9.47 Å². The van der Waals surface area contributed by atoms with Gasteiger partial charge < -0.3 is 9.47 Å². The summed E-state index contributed by atoms with van der Waals surface area (Å²) in [4.78, 5) is 1.16. The third kappa shape index (κ3) is 3.14. The van der Waals surface area contributed by atoms with Crippen LogP contribution in [-0.4, -0.2) is 18.5 Å². The molecule has 0 spiro atoms. The quantitative estimate of drug-likeness (QED) is 0.789. The van der Waals surface area contributed by atoms with Gasteiger partial charge in [-0.1, -0.05) is 28.1 Å². The SMILES string of the molecule is BrCCC=Cc1csc(C2OCCO2)c1. The fourth-order valence-corrected chi connectivity index (χ4v) is 2.52. The fraction of sp³-hybridized carbons (Fsp3) is 0.455. The molecule has 4 heteroatoms. The minimum atomic E-state index is -0.131. The molecular weight excluding hydrogens is 276 g/mol. The normalized spacial score (nSPS) is 17.9. The molecule has 0 radical (unpaired) electrons. The molecule has 0 atom stereocenters. The van der Waals surface area contributed by atoms with Crippen LogP contribution in [0.3, 0.4) is 0 Å². The monoisotopic (exact) mass is 288 g/mol. The molecule has 1 saturated heterocycles. The Kier molecular flexibility index (Phi) is 4.38. The molecule has 1 aliphatic rings. The number of hydrogen-bond donors (Lipinski definition) is 0. The summed E-state index contributed by atoms with van der Waals surface area (Å²) in [5, 5.41) is 3.14. The molecule has 0 aromatic carbocycles. The maximum atomic E-state index is 5.43. The van der Waals surface area contributed by atoms with Gasteiger partial charge in [0.25, 0.3) is 0 Å². The summed E-state index contributed by atoms with van der Waals surface area (Å²) in [6.45, 7) is 1.41. The second-order valence-electron chi connectivity index (χ2n) is 3.24. The van der Waals surface area contributed by atoms with E-state index in [1.165, 1.54) is 5.56 Å². The topological polar surface area (TPSA) is 18.5 Å². The second kappa shape index (κ2) is 5.80. The van der Waals surface area contributed by atoms with E-state index in [1.807, 2.05) is 0 Å². The van der Waals surface area contributed by atoms with E-state index in [2.05, 4.69) is 39.5 Å². The van der Waals surface area contributed by atoms with Crippen molar-refractivity contribution in [1.82, 2.24) is 0 Å². The average molecular weight is 289 g/mol. The van der Waals surface area contributed by atoms with Crippen LogP contribution < -0.4 is 0 Å². The molecule has 2 rings (SSSR count). The van der Waals surface area contributed by atoms with Gasteiger partial charge in [-0.05, 0) is 23.4 Å². The number of hydrogen-bond acceptors (Lipinski definition) is 3. The maximum Gasteiger partial charge on any atom is 0.193 e. The van der Waals surface area contributed by atoms with Crippen molar-refractivity contribution in [2.75, 3.05) is 18.5 Å². The molecule has 1 aliphatic heterocycles. The van der Waals surface area contributed by atoms with Crippen LogP contribution in [0, 0.1) is 0 Å². The Morgan fingerprint density at radius 1 is 1.47 bits per heavy atom. The van der Waals surface area contributed by atoms with Crippen molar-refractivity contribution >= 4 is 33.3 Å². The van der Waals surface area contributed by atoms with Gasteiger partial charge in [0.15, 0.2) is 6.29 Å². The van der Waals surface area contributed by atoms with Gasteiger partial charge in [-0.3, -0.25) is 0 Å². The van der Waals surface area contributed by atoms with Gasteiger partial charge in [0.1, 0.15) is 0 Å². The van der Waals surface area contributed by atoms with Crippen LogP contribution in [0.25, 0.3) is 6.08 Å². The Hall–Kier alpha value is -0.160. The third-order valence-corrected chi connectivity index (χ3v) is 3.51. The van der Waals surface area contributed by atoms with Crippen molar-refractivity contribution in [3.8, 4) is 0 Å². The largest absolute Gasteiger partial charge is 0.345 e. The maximum absolute atomic E-state index is 5.43. The molecular formula is C11H13BrO2S. The van der Waals surface area contributed by atoms with Crippen molar-refractivity contribution in [3.05, 3.63) is 28.0 Å². The van der Waals surface area contributed by atoms with Crippen molar-refractivity contribution in [1.29, 1.82) is 0 Å². The molecule has 0 bridgehead atoms. The first-order valence-corrected chi connectivity index (χ1v) is 6.94. The van der Waals surface area contributed by atoms with Crippen LogP contribution in [-0.2, 0) is 9.47 Å². The summed E-state index contributed by atoms with van der Waals surface area (Å²) in [5.41, 5.74) is 1.23. The van der Waals surface area contributed by atoms with Gasteiger partial charge >= 0.3 is 0 Å². The van der Waals surface area contributed by atoms with E-state index >= 15 is 0 Å². The Labute approximate surface area is 102 Å². The smallest absolute Gasteiger partial charge is 0.193 e. The molecule has 0 saturated carbocycles. The van der Waals surface area contributed by atoms with Gasteiger partial charge in [-0.25, -0.2) is 0 Å². The zero-order valence-electron chi connectivity index (χ0n) is 8.32. The van der Waals surface area contributed by atoms with E-state index in [0.29, 0.717) is 13.2 Å². The van der Waals surface area contributed by atoms with Crippen LogP contribution in [0.1, 0.15) is 23.2 Å². The Morgan fingerprint density at radius 3 is 3.00 bits per heavy atom. The Balaban J connectivity index is 1.97. The molecule has 1 fully saturated rings. The molecule has 2 heterocycles. The first kappa shape index (κ1) is 11.3. The van der Waals surface area contributed by atoms with E-state index in [-0.39, 0.29) is 6.29 Å². The highest BCUT2D eigenvalue weighted by Crippen LogP contribution is 2.29. The lowest BCUT2D eigenvalue weighted by Crippen LogP contribution is -1.93. The lowest BCUT2D eigenvalue weighted by molar-refractivity contribution is -0.0413. The highest BCUT2D eigenvalue weighted by atomic mass is 79.9. The summed E-state index contributed by atoms with van der Waals surface area (Å²) in [5.74, 6) is 0. The molecule has 0 amide bonds. The van der Waals surface area contributed by atoms with Gasteiger partial charge in [0.2, 0.25) is 0 Å². The van der Waals surface area contributed by atoms with Crippen LogP contribution in [0.5, 0.6) is 0 Å². The van der Waals surface area contributed by atoms with E-state index in [0.717, 1.165) is 16.6 Å². The number of halogens is 1. The van der Waals surface area contributed by atoms with Gasteiger partial charge in [-0.15, -0.1) is 11.3 Å². The van der Waals surface area contributed by atoms with Gasteiger partial charge in [0.05, 0.1) is 18.1 Å². The highest BCUT2D eigenvalue weighted by molar-refractivity contribution is 9.09. The lowest BCUT2D eigenvalue weighted by atomic mass is 10.2. The van der Waals surface area contributed by atoms with Crippen LogP contribution in [0.2, 0.25) is 0 Å². The lowest BCUT2D eigenvalue weighted by Gasteiger charge is -2.04. The van der Waals surface area contributed by atoms with E-state index < -0.39 is 0 Å². The van der Waals surface area contributed by atoms with Crippen LogP contribution >= 0.6 is 27.3 Å². The van der Waals surface area contributed by atoms with Crippen LogP contribution in [0.15, 0.2) is 17.5 Å². The molecule has 0 aliphatic carbocycles. The van der Waals surface area contributed by atoms with Gasteiger partial charge in [-0.2, -0.15) is 0 Å². The fourth-order valence-electron chi connectivity index (χ4n) is 1.38.